The number of nitrogens with zero attached hydrogens (tertiary/aromatic N) is 1. The predicted octanol–water partition coefficient (Wildman–Crippen LogP) is 2.28. The van der Waals surface area contributed by atoms with Gasteiger partial charge in [0.15, 0.2) is 0 Å². The molecule has 0 bridgehead atoms. The van der Waals surface area contributed by atoms with Gasteiger partial charge in [0.25, 0.3) is 0 Å². The fraction of sp³-hybridized carbons (Fsp3) is 0.308. The van der Waals surface area contributed by atoms with Crippen molar-refractivity contribution in [3.05, 3.63) is 34.8 Å². The van der Waals surface area contributed by atoms with Gasteiger partial charge in [0.05, 0.1) is 12.3 Å². The molecule has 88 valence electrons. The standard InChI is InChI=1S/C13H13NO2S/c15-6-4-9-8-17-13(14-9)11-2-1-3-12-10(11)5-7-16-12/h1-3,8,15H,4-7H2. The highest BCUT2D eigenvalue weighted by atomic mass is 32.1. The predicted molar refractivity (Wildman–Crippen MR) is 67.5 cm³/mol. The van der Waals surface area contributed by atoms with E-state index in [4.69, 9.17) is 9.84 Å². The van der Waals surface area contributed by atoms with Crippen LogP contribution < -0.4 is 4.74 Å². The van der Waals surface area contributed by atoms with Crippen molar-refractivity contribution in [3.8, 4) is 16.3 Å². The van der Waals surface area contributed by atoms with Gasteiger partial charge in [0, 0.05) is 36.0 Å². The Balaban J connectivity index is 2.00. The Labute approximate surface area is 104 Å². The summed E-state index contributed by atoms with van der Waals surface area (Å²) < 4.78 is 5.55. The number of aromatic nitrogens is 1. The molecule has 0 atom stereocenters. The number of aliphatic hydroxyl groups excluding tert-OH is 1. The second-order valence-corrected chi connectivity index (χ2v) is 4.86. The Hall–Kier alpha value is -1.39. The van der Waals surface area contributed by atoms with E-state index in [-0.39, 0.29) is 6.61 Å². The maximum atomic E-state index is 8.90. The van der Waals surface area contributed by atoms with Crippen LogP contribution in [0.25, 0.3) is 10.6 Å². The van der Waals surface area contributed by atoms with E-state index in [1.165, 1.54) is 11.1 Å². The van der Waals surface area contributed by atoms with Gasteiger partial charge in [-0.15, -0.1) is 11.3 Å². The Morgan fingerprint density at radius 2 is 2.35 bits per heavy atom. The Kier molecular flexibility index (Phi) is 2.82. The van der Waals surface area contributed by atoms with Gasteiger partial charge in [-0.25, -0.2) is 4.98 Å². The van der Waals surface area contributed by atoms with Crippen LogP contribution in [-0.4, -0.2) is 23.3 Å². The number of benzene rings is 1. The number of hydrogen-bond acceptors (Lipinski definition) is 4. The number of aliphatic hydroxyl groups is 1. The van der Waals surface area contributed by atoms with Gasteiger partial charge >= 0.3 is 0 Å². The summed E-state index contributed by atoms with van der Waals surface area (Å²) in [5.74, 6) is 0.987. The first-order chi connectivity index (χ1) is 8.38. The summed E-state index contributed by atoms with van der Waals surface area (Å²) in [5, 5.41) is 11.9. The zero-order chi connectivity index (χ0) is 11.7. The minimum absolute atomic E-state index is 0.152. The van der Waals surface area contributed by atoms with Crippen molar-refractivity contribution < 1.29 is 9.84 Å². The number of ether oxygens (including phenoxy) is 1. The SMILES string of the molecule is OCCc1csc(-c2cccc3c2CCO3)n1. The third kappa shape index (κ3) is 1.94. The molecule has 0 spiro atoms. The summed E-state index contributed by atoms with van der Waals surface area (Å²) >= 11 is 1.63. The van der Waals surface area contributed by atoms with Gasteiger partial charge in [0.1, 0.15) is 10.8 Å². The fourth-order valence-electron chi connectivity index (χ4n) is 2.08. The van der Waals surface area contributed by atoms with Crippen molar-refractivity contribution in [1.82, 2.24) is 4.98 Å². The molecule has 0 fully saturated rings. The second-order valence-electron chi connectivity index (χ2n) is 4.00. The maximum Gasteiger partial charge on any atom is 0.124 e. The van der Waals surface area contributed by atoms with E-state index < -0.39 is 0 Å². The molecule has 1 aromatic heterocycles. The molecule has 1 aromatic carbocycles. The number of hydrogen-bond donors (Lipinski definition) is 1. The highest BCUT2D eigenvalue weighted by Crippen LogP contribution is 2.35. The molecule has 1 N–H and O–H groups in total. The van der Waals surface area contributed by atoms with E-state index in [9.17, 15) is 0 Å². The number of fused-ring (bicyclic) bond motifs is 1. The molecule has 0 unspecified atom stereocenters. The van der Waals surface area contributed by atoms with E-state index in [0.717, 1.165) is 29.5 Å². The second kappa shape index (κ2) is 4.47. The molecule has 3 nitrogen and oxygen atoms in total. The summed E-state index contributed by atoms with van der Waals surface area (Å²) in [6.07, 6.45) is 1.59. The highest BCUT2D eigenvalue weighted by Gasteiger charge is 2.18. The third-order valence-electron chi connectivity index (χ3n) is 2.89. The lowest BCUT2D eigenvalue weighted by Crippen LogP contribution is -1.91. The molecule has 0 saturated heterocycles. The Bertz CT molecular complexity index is 536. The molecule has 1 aliphatic heterocycles. The molecule has 2 heterocycles. The van der Waals surface area contributed by atoms with Gasteiger partial charge in [-0.3, -0.25) is 0 Å². The van der Waals surface area contributed by atoms with Gasteiger partial charge in [-0.2, -0.15) is 0 Å². The van der Waals surface area contributed by atoms with E-state index in [2.05, 4.69) is 11.1 Å². The van der Waals surface area contributed by atoms with Crippen molar-refractivity contribution in [3.63, 3.8) is 0 Å². The van der Waals surface area contributed by atoms with Crippen LogP contribution in [0.2, 0.25) is 0 Å². The summed E-state index contributed by atoms with van der Waals surface area (Å²) in [4.78, 5) is 4.55. The van der Waals surface area contributed by atoms with Crippen molar-refractivity contribution in [2.75, 3.05) is 13.2 Å². The Morgan fingerprint density at radius 1 is 1.41 bits per heavy atom. The molecule has 0 aliphatic carbocycles. The molecular weight excluding hydrogens is 234 g/mol. The van der Waals surface area contributed by atoms with Gasteiger partial charge in [-0.05, 0) is 6.07 Å². The van der Waals surface area contributed by atoms with Crippen LogP contribution in [0.4, 0.5) is 0 Å². The van der Waals surface area contributed by atoms with Crippen LogP contribution in [0.5, 0.6) is 5.75 Å². The van der Waals surface area contributed by atoms with Crippen LogP contribution >= 0.6 is 11.3 Å². The lowest BCUT2D eigenvalue weighted by molar-refractivity contribution is 0.298. The fourth-order valence-corrected chi connectivity index (χ4v) is 2.99. The minimum atomic E-state index is 0.152. The first-order valence-corrected chi connectivity index (χ1v) is 6.57. The summed E-state index contributed by atoms with van der Waals surface area (Å²) in [7, 11) is 0. The lowest BCUT2D eigenvalue weighted by Gasteiger charge is -2.03. The first kappa shape index (κ1) is 10.7. The van der Waals surface area contributed by atoms with Crippen molar-refractivity contribution in [2.24, 2.45) is 0 Å². The average molecular weight is 247 g/mol. The van der Waals surface area contributed by atoms with Crippen LogP contribution in [-0.2, 0) is 12.8 Å². The van der Waals surface area contributed by atoms with Crippen LogP contribution in [0, 0.1) is 0 Å². The van der Waals surface area contributed by atoms with Gasteiger partial charge in [0.2, 0.25) is 0 Å². The zero-order valence-corrected chi connectivity index (χ0v) is 10.2. The van der Waals surface area contributed by atoms with Gasteiger partial charge < -0.3 is 9.84 Å². The topological polar surface area (TPSA) is 42.4 Å². The van der Waals surface area contributed by atoms with E-state index >= 15 is 0 Å². The molecule has 4 heteroatoms. The average Bonchev–Trinajstić information content (AvgIpc) is 2.96. The van der Waals surface area contributed by atoms with Gasteiger partial charge in [-0.1, -0.05) is 12.1 Å². The smallest absolute Gasteiger partial charge is 0.124 e. The first-order valence-electron chi connectivity index (χ1n) is 5.69. The number of thiazole rings is 1. The Morgan fingerprint density at radius 3 is 3.24 bits per heavy atom. The summed E-state index contributed by atoms with van der Waals surface area (Å²) in [6, 6.07) is 6.11. The molecule has 3 rings (SSSR count). The van der Waals surface area contributed by atoms with Crippen LogP contribution in [0.3, 0.4) is 0 Å². The largest absolute Gasteiger partial charge is 0.493 e. The van der Waals surface area contributed by atoms with E-state index in [1.807, 2.05) is 17.5 Å². The normalized spacial score (nSPS) is 13.5. The molecule has 0 amide bonds. The van der Waals surface area contributed by atoms with Crippen molar-refractivity contribution >= 4 is 11.3 Å². The highest BCUT2D eigenvalue weighted by molar-refractivity contribution is 7.13. The van der Waals surface area contributed by atoms with E-state index in [1.54, 1.807) is 11.3 Å². The van der Waals surface area contributed by atoms with E-state index in [0.29, 0.717) is 6.42 Å². The van der Waals surface area contributed by atoms with Crippen LogP contribution in [0.15, 0.2) is 23.6 Å². The third-order valence-corrected chi connectivity index (χ3v) is 3.82. The molecule has 1 aliphatic rings. The summed E-state index contributed by atoms with van der Waals surface area (Å²) in [6.45, 7) is 0.917. The van der Waals surface area contributed by atoms with Crippen LogP contribution in [0.1, 0.15) is 11.3 Å². The summed E-state index contributed by atoms with van der Waals surface area (Å²) in [5.41, 5.74) is 3.40. The molecule has 0 radical (unpaired) electrons. The van der Waals surface area contributed by atoms with Crippen molar-refractivity contribution in [1.29, 1.82) is 0 Å². The maximum absolute atomic E-state index is 8.90. The zero-order valence-electron chi connectivity index (χ0n) is 9.35. The quantitative estimate of drug-likeness (QED) is 0.904. The van der Waals surface area contributed by atoms with Crippen molar-refractivity contribution in [2.45, 2.75) is 12.8 Å². The lowest BCUT2D eigenvalue weighted by atomic mass is 10.1. The molecule has 2 aromatic rings. The molecule has 17 heavy (non-hydrogen) atoms. The monoisotopic (exact) mass is 247 g/mol. The number of rotatable bonds is 3. The molecular formula is C13H13NO2S. The molecule has 0 saturated carbocycles. The minimum Gasteiger partial charge on any atom is -0.493 e.